The number of amides is 2. The summed E-state index contributed by atoms with van der Waals surface area (Å²) in [4.78, 5) is 24.2. The highest BCUT2D eigenvalue weighted by Gasteiger charge is 2.33. The van der Waals surface area contributed by atoms with Crippen molar-refractivity contribution >= 4 is 29.4 Å². The van der Waals surface area contributed by atoms with Gasteiger partial charge in [-0.25, -0.2) is 9.18 Å². The highest BCUT2D eigenvalue weighted by molar-refractivity contribution is 8.02. The van der Waals surface area contributed by atoms with Crippen LogP contribution in [0, 0.1) is 5.82 Å². The number of rotatable bonds is 4. The number of carbonyl (C=O) groups is 2. The molecule has 2 heterocycles. The standard InChI is InChI=1S/C16H17FN2O3S/c1-10(20)18-7-13-8-19(16(21)22-13)12-2-3-14(15(17)6-12)11-4-5-23-9-11/h2-6,11,13H,7-9H2,1H3,(H,18,20). The number of ether oxygens (including phenoxy) is 1. The van der Waals surface area contributed by atoms with Crippen molar-refractivity contribution in [2.45, 2.75) is 18.9 Å². The van der Waals surface area contributed by atoms with Gasteiger partial charge in [-0.05, 0) is 23.1 Å². The van der Waals surface area contributed by atoms with Gasteiger partial charge in [-0.1, -0.05) is 12.1 Å². The molecule has 1 N–H and O–H groups in total. The molecule has 2 unspecified atom stereocenters. The number of thioether (sulfide) groups is 1. The lowest BCUT2D eigenvalue weighted by Gasteiger charge is -2.16. The quantitative estimate of drug-likeness (QED) is 0.918. The van der Waals surface area contributed by atoms with Crippen LogP contribution in [0.5, 0.6) is 0 Å². The summed E-state index contributed by atoms with van der Waals surface area (Å²) in [7, 11) is 0. The lowest BCUT2D eigenvalue weighted by molar-refractivity contribution is -0.119. The molecule has 2 aliphatic heterocycles. The highest BCUT2D eigenvalue weighted by Crippen LogP contribution is 2.33. The Morgan fingerprint density at radius 1 is 1.52 bits per heavy atom. The van der Waals surface area contributed by atoms with E-state index in [-0.39, 0.29) is 30.7 Å². The Hall–Kier alpha value is -2.02. The average molecular weight is 336 g/mol. The van der Waals surface area contributed by atoms with Crippen molar-refractivity contribution < 1.29 is 18.7 Å². The first-order chi connectivity index (χ1) is 11.0. The van der Waals surface area contributed by atoms with Crippen LogP contribution in [0.15, 0.2) is 29.7 Å². The number of carbonyl (C=O) groups excluding carboxylic acids is 2. The molecule has 0 aliphatic carbocycles. The van der Waals surface area contributed by atoms with Gasteiger partial charge in [0, 0.05) is 18.6 Å². The lowest BCUT2D eigenvalue weighted by Crippen LogP contribution is -2.33. The Morgan fingerprint density at radius 3 is 3.00 bits per heavy atom. The van der Waals surface area contributed by atoms with Gasteiger partial charge in [-0.2, -0.15) is 0 Å². The molecule has 2 amide bonds. The van der Waals surface area contributed by atoms with Crippen molar-refractivity contribution in [3.63, 3.8) is 0 Å². The molecule has 2 aliphatic rings. The predicted octanol–water partition coefficient (Wildman–Crippen LogP) is 2.63. The van der Waals surface area contributed by atoms with Gasteiger partial charge in [-0.15, -0.1) is 11.8 Å². The number of halogens is 1. The Labute approximate surface area is 137 Å². The normalized spacial score (nSPS) is 23.2. The van der Waals surface area contributed by atoms with Crippen LogP contribution in [-0.4, -0.2) is 36.9 Å². The predicted molar refractivity (Wildman–Crippen MR) is 87.0 cm³/mol. The first-order valence-corrected chi connectivity index (χ1v) is 8.40. The highest BCUT2D eigenvalue weighted by atomic mass is 32.2. The van der Waals surface area contributed by atoms with E-state index in [9.17, 15) is 14.0 Å². The molecule has 1 saturated heterocycles. The van der Waals surface area contributed by atoms with Crippen molar-refractivity contribution in [2.24, 2.45) is 0 Å². The molecule has 1 aromatic rings. The number of anilines is 1. The number of allylic oxidation sites excluding steroid dienone is 1. The molecule has 7 heteroatoms. The Bertz CT molecular complexity index is 665. The topological polar surface area (TPSA) is 58.6 Å². The summed E-state index contributed by atoms with van der Waals surface area (Å²) in [6.45, 7) is 1.94. The van der Waals surface area contributed by atoms with Crippen LogP contribution in [0.2, 0.25) is 0 Å². The second-order valence-corrected chi connectivity index (χ2v) is 6.47. The molecule has 3 rings (SSSR count). The molecule has 0 aromatic heterocycles. The number of benzene rings is 1. The zero-order chi connectivity index (χ0) is 16.4. The van der Waals surface area contributed by atoms with Crippen molar-refractivity contribution in [1.29, 1.82) is 0 Å². The minimum absolute atomic E-state index is 0.0760. The van der Waals surface area contributed by atoms with Gasteiger partial charge in [0.15, 0.2) is 0 Å². The van der Waals surface area contributed by atoms with Crippen LogP contribution in [-0.2, 0) is 9.53 Å². The number of hydrogen-bond donors (Lipinski definition) is 1. The second-order valence-electron chi connectivity index (χ2n) is 5.53. The Morgan fingerprint density at radius 2 is 2.35 bits per heavy atom. The van der Waals surface area contributed by atoms with Gasteiger partial charge in [0.05, 0.1) is 18.8 Å². The van der Waals surface area contributed by atoms with E-state index in [1.807, 2.05) is 11.5 Å². The number of nitrogens with zero attached hydrogens (tertiary/aromatic N) is 1. The number of nitrogens with one attached hydrogen (secondary N) is 1. The summed E-state index contributed by atoms with van der Waals surface area (Å²) in [6.07, 6.45) is 1.03. The van der Waals surface area contributed by atoms with Crippen molar-refractivity contribution in [1.82, 2.24) is 5.32 Å². The zero-order valence-corrected chi connectivity index (χ0v) is 13.4. The molecule has 23 heavy (non-hydrogen) atoms. The number of hydrogen-bond acceptors (Lipinski definition) is 4. The summed E-state index contributed by atoms with van der Waals surface area (Å²) in [5.74, 6) is 0.406. The summed E-state index contributed by atoms with van der Waals surface area (Å²) in [6, 6.07) is 4.82. The van der Waals surface area contributed by atoms with E-state index in [0.29, 0.717) is 11.3 Å². The van der Waals surface area contributed by atoms with E-state index in [0.717, 1.165) is 5.75 Å². The Balaban J connectivity index is 1.71. The smallest absolute Gasteiger partial charge is 0.414 e. The molecule has 0 saturated carbocycles. The molecule has 0 spiro atoms. The van der Waals surface area contributed by atoms with Gasteiger partial charge in [0.2, 0.25) is 5.91 Å². The molecule has 0 bridgehead atoms. The molecule has 1 fully saturated rings. The van der Waals surface area contributed by atoms with Crippen LogP contribution >= 0.6 is 11.8 Å². The van der Waals surface area contributed by atoms with E-state index >= 15 is 0 Å². The third-order valence-corrected chi connectivity index (χ3v) is 4.73. The zero-order valence-electron chi connectivity index (χ0n) is 12.6. The maximum Gasteiger partial charge on any atom is 0.414 e. The fourth-order valence-electron chi connectivity index (χ4n) is 2.64. The van der Waals surface area contributed by atoms with Crippen LogP contribution in [0.4, 0.5) is 14.9 Å². The average Bonchev–Trinajstić information content (AvgIpc) is 3.14. The minimum atomic E-state index is -0.524. The fourth-order valence-corrected chi connectivity index (χ4v) is 3.55. The van der Waals surface area contributed by atoms with Gasteiger partial charge in [0.1, 0.15) is 11.9 Å². The second kappa shape index (κ2) is 6.62. The van der Waals surface area contributed by atoms with Gasteiger partial charge in [-0.3, -0.25) is 9.69 Å². The number of cyclic esters (lactones) is 1. The summed E-state index contributed by atoms with van der Waals surface area (Å²) < 4.78 is 19.5. The molecule has 122 valence electrons. The maximum atomic E-state index is 14.4. The monoisotopic (exact) mass is 336 g/mol. The van der Waals surface area contributed by atoms with E-state index < -0.39 is 12.2 Å². The third kappa shape index (κ3) is 3.50. The summed E-state index contributed by atoms with van der Waals surface area (Å²) in [5.41, 5.74) is 1.11. The molecular formula is C16H17FN2O3S. The largest absolute Gasteiger partial charge is 0.442 e. The van der Waals surface area contributed by atoms with Crippen LogP contribution in [0.25, 0.3) is 0 Å². The van der Waals surface area contributed by atoms with Crippen molar-refractivity contribution in [3.8, 4) is 0 Å². The van der Waals surface area contributed by atoms with Crippen LogP contribution < -0.4 is 10.2 Å². The van der Waals surface area contributed by atoms with Crippen LogP contribution in [0.3, 0.4) is 0 Å². The van der Waals surface area contributed by atoms with E-state index in [1.54, 1.807) is 23.9 Å². The summed E-state index contributed by atoms with van der Waals surface area (Å²) >= 11 is 1.66. The third-order valence-electron chi connectivity index (χ3n) is 3.83. The van der Waals surface area contributed by atoms with E-state index in [2.05, 4.69) is 5.32 Å². The van der Waals surface area contributed by atoms with Crippen LogP contribution in [0.1, 0.15) is 18.4 Å². The molecule has 2 atom stereocenters. The molecule has 5 nitrogen and oxygen atoms in total. The van der Waals surface area contributed by atoms with Crippen molar-refractivity contribution in [3.05, 3.63) is 41.1 Å². The van der Waals surface area contributed by atoms with Crippen molar-refractivity contribution in [2.75, 3.05) is 23.7 Å². The van der Waals surface area contributed by atoms with E-state index in [4.69, 9.17) is 4.74 Å². The minimum Gasteiger partial charge on any atom is -0.442 e. The summed E-state index contributed by atoms with van der Waals surface area (Å²) in [5, 5.41) is 4.59. The maximum absolute atomic E-state index is 14.4. The Kier molecular flexibility index (Phi) is 4.56. The molecule has 1 aromatic carbocycles. The van der Waals surface area contributed by atoms with Gasteiger partial charge >= 0.3 is 6.09 Å². The molecule has 0 radical (unpaired) electrons. The first kappa shape index (κ1) is 15.9. The van der Waals surface area contributed by atoms with E-state index in [1.165, 1.54) is 17.9 Å². The SMILES string of the molecule is CC(=O)NCC1CN(c2ccc(C3C=CSC3)c(F)c2)C(=O)O1. The molecular weight excluding hydrogens is 319 g/mol. The first-order valence-electron chi connectivity index (χ1n) is 7.35. The van der Waals surface area contributed by atoms with Gasteiger partial charge < -0.3 is 10.1 Å². The van der Waals surface area contributed by atoms with Gasteiger partial charge in [0.25, 0.3) is 0 Å². The fraction of sp³-hybridized carbons (Fsp3) is 0.375. The lowest BCUT2D eigenvalue weighted by atomic mass is 10.0.